The van der Waals surface area contributed by atoms with Gasteiger partial charge in [-0.15, -0.1) is 0 Å². The zero-order chi connectivity index (χ0) is 14.0. The smallest absolute Gasteiger partial charge is 0.272 e. The molecule has 2 aromatic rings. The van der Waals surface area contributed by atoms with Gasteiger partial charge in [0, 0.05) is 18.3 Å². The van der Waals surface area contributed by atoms with E-state index in [1.807, 2.05) is 0 Å². The van der Waals surface area contributed by atoms with E-state index in [0.29, 0.717) is 4.47 Å². The van der Waals surface area contributed by atoms with E-state index in [4.69, 9.17) is 27.9 Å². The van der Waals surface area contributed by atoms with Crippen molar-refractivity contribution < 1.29 is 9.66 Å². The van der Waals surface area contributed by atoms with E-state index < -0.39 is 4.92 Å². The first-order valence-electron chi connectivity index (χ1n) is 4.91. The van der Waals surface area contributed by atoms with Crippen LogP contribution in [0.1, 0.15) is 0 Å². The quantitative estimate of drug-likeness (QED) is 0.577. The molecular formula is C11H5BrCl2N2O3. The van der Waals surface area contributed by atoms with E-state index in [2.05, 4.69) is 20.9 Å². The molecule has 0 spiro atoms. The molecule has 0 amide bonds. The Morgan fingerprint density at radius 3 is 2.47 bits per heavy atom. The molecular weight excluding hydrogens is 359 g/mol. The second kappa shape index (κ2) is 5.73. The second-order valence-corrected chi connectivity index (χ2v) is 5.06. The minimum Gasteiger partial charge on any atom is -0.435 e. The topological polar surface area (TPSA) is 65.3 Å². The molecule has 1 heterocycles. The van der Waals surface area contributed by atoms with Crippen LogP contribution in [0.25, 0.3) is 0 Å². The number of nitro groups is 1. The number of pyridine rings is 1. The van der Waals surface area contributed by atoms with Gasteiger partial charge in [-0.05, 0) is 28.1 Å². The molecule has 5 nitrogen and oxygen atoms in total. The number of rotatable bonds is 3. The Labute approximate surface area is 126 Å². The third-order valence-corrected chi connectivity index (χ3v) is 3.28. The number of nitrogens with zero attached hydrogens (tertiary/aromatic N) is 2. The molecule has 0 unspecified atom stereocenters. The maximum absolute atomic E-state index is 10.7. The summed E-state index contributed by atoms with van der Waals surface area (Å²) in [5.41, 5.74) is -0.206. The van der Waals surface area contributed by atoms with Gasteiger partial charge in [0.1, 0.15) is 0 Å². The summed E-state index contributed by atoms with van der Waals surface area (Å²) in [6, 6.07) is 5.78. The van der Waals surface area contributed by atoms with Crippen molar-refractivity contribution >= 4 is 44.8 Å². The third-order valence-electron chi connectivity index (χ3n) is 2.12. The summed E-state index contributed by atoms with van der Waals surface area (Å²) in [5, 5.41) is 10.7. The van der Waals surface area contributed by atoms with Crippen LogP contribution in [0.15, 0.2) is 34.9 Å². The Kier molecular flexibility index (Phi) is 4.24. The van der Waals surface area contributed by atoms with Crippen LogP contribution in [0.2, 0.25) is 10.0 Å². The third kappa shape index (κ3) is 3.15. The fraction of sp³-hybridized carbons (Fsp3) is 0. The normalized spacial score (nSPS) is 10.3. The standard InChI is InChI=1S/C11H5BrCl2N2O3/c12-7-2-1-3-15-11(7)19-10-8(13)4-6(16(17)18)5-9(10)14/h1-5H. The molecule has 0 saturated carbocycles. The second-order valence-electron chi connectivity index (χ2n) is 3.39. The highest BCUT2D eigenvalue weighted by molar-refractivity contribution is 9.10. The van der Waals surface area contributed by atoms with E-state index >= 15 is 0 Å². The molecule has 0 N–H and O–H groups in total. The van der Waals surface area contributed by atoms with E-state index in [0.717, 1.165) is 0 Å². The van der Waals surface area contributed by atoms with Gasteiger partial charge < -0.3 is 4.74 Å². The Morgan fingerprint density at radius 2 is 1.95 bits per heavy atom. The molecule has 0 bridgehead atoms. The maximum atomic E-state index is 10.7. The summed E-state index contributed by atoms with van der Waals surface area (Å²) in [4.78, 5) is 14.1. The summed E-state index contributed by atoms with van der Waals surface area (Å²) in [5.74, 6) is 0.383. The van der Waals surface area contributed by atoms with E-state index in [9.17, 15) is 10.1 Å². The predicted octanol–water partition coefficient (Wildman–Crippen LogP) is 4.85. The monoisotopic (exact) mass is 362 g/mol. The van der Waals surface area contributed by atoms with Gasteiger partial charge in [0.2, 0.25) is 5.88 Å². The van der Waals surface area contributed by atoms with Gasteiger partial charge in [-0.2, -0.15) is 0 Å². The highest BCUT2D eigenvalue weighted by Gasteiger charge is 2.17. The summed E-state index contributed by atoms with van der Waals surface area (Å²) in [7, 11) is 0. The van der Waals surface area contributed by atoms with Gasteiger partial charge in [-0.3, -0.25) is 10.1 Å². The zero-order valence-corrected chi connectivity index (χ0v) is 12.2. The number of ether oxygens (including phenoxy) is 1. The van der Waals surface area contributed by atoms with Crippen molar-refractivity contribution in [2.45, 2.75) is 0 Å². The molecule has 19 heavy (non-hydrogen) atoms. The van der Waals surface area contributed by atoms with Crippen molar-refractivity contribution in [1.29, 1.82) is 0 Å². The number of non-ortho nitro benzene ring substituents is 1. The van der Waals surface area contributed by atoms with Gasteiger partial charge in [-0.25, -0.2) is 4.98 Å². The lowest BCUT2D eigenvalue weighted by Crippen LogP contribution is -1.93. The number of aromatic nitrogens is 1. The van der Waals surface area contributed by atoms with E-state index in [-0.39, 0.29) is 27.4 Å². The first-order valence-corrected chi connectivity index (χ1v) is 6.45. The van der Waals surface area contributed by atoms with Crippen LogP contribution in [0.3, 0.4) is 0 Å². The maximum Gasteiger partial charge on any atom is 0.272 e. The number of benzene rings is 1. The lowest BCUT2D eigenvalue weighted by Gasteiger charge is -2.09. The summed E-state index contributed by atoms with van der Waals surface area (Å²) in [6.45, 7) is 0. The van der Waals surface area contributed by atoms with E-state index in [1.54, 1.807) is 12.1 Å². The first-order chi connectivity index (χ1) is 8.99. The molecule has 0 radical (unpaired) electrons. The van der Waals surface area contributed by atoms with Crippen LogP contribution in [0, 0.1) is 10.1 Å². The van der Waals surface area contributed by atoms with Gasteiger partial charge in [0.05, 0.1) is 19.4 Å². The average Bonchev–Trinajstić information content (AvgIpc) is 2.35. The van der Waals surface area contributed by atoms with Crippen LogP contribution >= 0.6 is 39.1 Å². The minimum absolute atomic E-state index is 0.0387. The molecule has 0 atom stereocenters. The average molecular weight is 364 g/mol. The molecule has 0 aliphatic rings. The van der Waals surface area contributed by atoms with Gasteiger partial charge in [0.15, 0.2) is 5.75 Å². The van der Waals surface area contributed by atoms with Crippen molar-refractivity contribution in [3.05, 3.63) is 55.1 Å². The molecule has 0 aliphatic heterocycles. The Balaban J connectivity index is 2.42. The van der Waals surface area contributed by atoms with Crippen LogP contribution in [0.4, 0.5) is 5.69 Å². The Morgan fingerprint density at radius 1 is 1.32 bits per heavy atom. The SMILES string of the molecule is O=[N+]([O-])c1cc(Cl)c(Oc2ncccc2Br)c(Cl)c1. The number of nitro benzene ring substituents is 1. The van der Waals surface area contributed by atoms with Crippen molar-refractivity contribution in [1.82, 2.24) is 4.98 Å². The predicted molar refractivity (Wildman–Crippen MR) is 75.1 cm³/mol. The van der Waals surface area contributed by atoms with Crippen LogP contribution < -0.4 is 4.74 Å². The van der Waals surface area contributed by atoms with Gasteiger partial charge in [0.25, 0.3) is 5.69 Å². The summed E-state index contributed by atoms with van der Waals surface area (Å²) < 4.78 is 6.07. The number of hydrogen-bond donors (Lipinski definition) is 0. The fourth-order valence-electron chi connectivity index (χ4n) is 1.29. The van der Waals surface area contributed by atoms with E-state index in [1.165, 1.54) is 18.3 Å². The first kappa shape index (κ1) is 14.0. The van der Waals surface area contributed by atoms with Crippen LogP contribution in [-0.2, 0) is 0 Å². The fourth-order valence-corrected chi connectivity index (χ4v) is 2.18. The lowest BCUT2D eigenvalue weighted by molar-refractivity contribution is -0.384. The Hall–Kier alpha value is -1.37. The van der Waals surface area contributed by atoms with Crippen LogP contribution in [0.5, 0.6) is 11.6 Å². The molecule has 98 valence electrons. The molecule has 2 rings (SSSR count). The van der Waals surface area contributed by atoms with Crippen LogP contribution in [-0.4, -0.2) is 9.91 Å². The van der Waals surface area contributed by atoms with Crippen molar-refractivity contribution in [2.75, 3.05) is 0 Å². The van der Waals surface area contributed by atoms with Crippen molar-refractivity contribution in [3.63, 3.8) is 0 Å². The molecule has 1 aromatic heterocycles. The molecule has 0 fully saturated rings. The minimum atomic E-state index is -0.585. The summed E-state index contributed by atoms with van der Waals surface area (Å²) >= 11 is 15.1. The lowest BCUT2D eigenvalue weighted by atomic mass is 10.3. The highest BCUT2D eigenvalue weighted by Crippen LogP contribution is 2.40. The Bertz CT molecular complexity index is 629. The highest BCUT2D eigenvalue weighted by atomic mass is 79.9. The van der Waals surface area contributed by atoms with Gasteiger partial charge >= 0.3 is 0 Å². The van der Waals surface area contributed by atoms with Crippen molar-refractivity contribution in [3.8, 4) is 11.6 Å². The largest absolute Gasteiger partial charge is 0.435 e. The molecule has 1 aromatic carbocycles. The van der Waals surface area contributed by atoms with Gasteiger partial charge in [-0.1, -0.05) is 23.2 Å². The number of hydrogen-bond acceptors (Lipinski definition) is 4. The molecule has 8 heteroatoms. The zero-order valence-electron chi connectivity index (χ0n) is 9.14. The molecule has 0 saturated heterocycles. The number of halogens is 3. The van der Waals surface area contributed by atoms with Crippen molar-refractivity contribution in [2.24, 2.45) is 0 Å². The molecule has 0 aliphatic carbocycles. The summed E-state index contributed by atoms with van der Waals surface area (Å²) in [6.07, 6.45) is 1.54.